The van der Waals surface area contributed by atoms with Crippen LogP contribution in [-0.4, -0.2) is 51.4 Å². The molecule has 2 atom stereocenters. The van der Waals surface area contributed by atoms with Crippen molar-refractivity contribution in [3.8, 4) is 0 Å². The maximum atomic E-state index is 15.0. The number of aliphatic hydroxyl groups excluding tert-OH is 1. The van der Waals surface area contributed by atoms with E-state index in [1.807, 2.05) is 26.0 Å². The van der Waals surface area contributed by atoms with Crippen LogP contribution in [0, 0.1) is 25.7 Å². The number of anilines is 4. The lowest BCUT2D eigenvalue weighted by Crippen LogP contribution is -2.34. The molecule has 5 aromatic rings. The molecule has 12 heteroatoms. The van der Waals surface area contributed by atoms with E-state index in [1.54, 1.807) is 48.6 Å². The van der Waals surface area contributed by atoms with Crippen molar-refractivity contribution < 1.29 is 26.7 Å². The zero-order valence-electron chi connectivity index (χ0n) is 47.3. The van der Waals surface area contributed by atoms with Gasteiger partial charge in [-0.2, -0.15) is 12.8 Å². The van der Waals surface area contributed by atoms with Crippen molar-refractivity contribution in [1.82, 2.24) is 4.90 Å². The minimum atomic E-state index is -4.32. The van der Waals surface area contributed by atoms with E-state index in [0.29, 0.717) is 17.5 Å². The number of unbranched alkanes of at least 4 members (excludes halogenated alkanes) is 4. The van der Waals surface area contributed by atoms with Gasteiger partial charge < -0.3 is 14.9 Å². The van der Waals surface area contributed by atoms with Gasteiger partial charge in [-0.25, -0.2) is 8.42 Å². The number of ketones is 1. The number of benzene rings is 5. The maximum Gasteiger partial charge on any atom is 0.282 e. The molecule has 78 heavy (non-hydrogen) atoms. The van der Waals surface area contributed by atoms with E-state index in [2.05, 4.69) is 109 Å². The molecule has 0 fully saturated rings. The second kappa shape index (κ2) is 27.4. The van der Waals surface area contributed by atoms with Gasteiger partial charge in [-0.3, -0.25) is 9.52 Å². The molecule has 414 valence electrons. The van der Waals surface area contributed by atoms with Crippen molar-refractivity contribution in [1.29, 1.82) is 0 Å². The van der Waals surface area contributed by atoms with Crippen LogP contribution in [0.4, 0.5) is 22.7 Å². The smallest absolute Gasteiger partial charge is 0.282 e. The van der Waals surface area contributed by atoms with Crippen molar-refractivity contribution in [2.75, 3.05) is 22.7 Å². The number of hydrogen-bond acceptors (Lipinski definition) is 8. The Labute approximate surface area is 466 Å². The summed E-state index contributed by atoms with van der Waals surface area (Å²) in [4.78, 5) is 19.5. The Balaban J connectivity index is 1.40. The number of aryl methyl sites for hydroxylation is 4. The summed E-state index contributed by atoms with van der Waals surface area (Å²) < 4.78 is 64.8. The van der Waals surface area contributed by atoms with Crippen LogP contribution < -0.4 is 9.62 Å². The SMILES string of the molecule is CCCCc1ccc(N(c2ccc(CCCC)cc2)c2ccc(C3=C(O)C(=C4C=CC(N(CC(CC)CCCC)CC(CC)CCCC)=CC4=NS(=O)(=O)c4ccc(C)cc4)C3=O)c(NS(=O)(=O)c3ccc(C)cc3)c2)cc1. The predicted molar refractivity (Wildman–Crippen MR) is 323 cm³/mol. The third kappa shape index (κ3) is 14.6. The zero-order valence-corrected chi connectivity index (χ0v) is 48.9. The molecule has 2 aliphatic rings. The predicted octanol–water partition coefficient (Wildman–Crippen LogP) is 16.4. The van der Waals surface area contributed by atoms with Gasteiger partial charge in [0.1, 0.15) is 5.76 Å². The fourth-order valence-electron chi connectivity index (χ4n) is 10.3. The molecule has 2 aliphatic carbocycles. The number of Topliss-reactive ketones (excluding diaryl/α,β-unsaturated/α-hetero) is 1. The topological polar surface area (TPSA) is 136 Å². The van der Waals surface area contributed by atoms with E-state index in [1.165, 1.54) is 35.4 Å². The highest BCUT2D eigenvalue weighted by molar-refractivity contribution is 7.92. The Kier molecular flexibility index (Phi) is 20.8. The molecule has 0 bridgehead atoms. The third-order valence-corrected chi connectivity index (χ3v) is 17.9. The van der Waals surface area contributed by atoms with Gasteiger partial charge in [0.05, 0.1) is 32.3 Å². The highest BCUT2D eigenvalue weighted by Crippen LogP contribution is 2.45. The Bertz CT molecular complexity index is 3180. The summed E-state index contributed by atoms with van der Waals surface area (Å²) in [5.74, 6) is -0.158. The molecule has 0 saturated heterocycles. The molecule has 0 aromatic heterocycles. The molecule has 0 saturated carbocycles. The second-order valence-corrected chi connectivity index (χ2v) is 24.6. The summed E-state index contributed by atoms with van der Waals surface area (Å²) in [6, 6.07) is 35.0. The van der Waals surface area contributed by atoms with Crippen LogP contribution >= 0.6 is 0 Å². The van der Waals surface area contributed by atoms with Gasteiger partial charge >= 0.3 is 0 Å². The highest BCUT2D eigenvalue weighted by atomic mass is 32.2. The summed E-state index contributed by atoms with van der Waals surface area (Å²) in [7, 11) is -8.57. The van der Waals surface area contributed by atoms with Crippen LogP contribution in [0.1, 0.15) is 146 Å². The second-order valence-electron chi connectivity index (χ2n) is 21.3. The van der Waals surface area contributed by atoms with Crippen molar-refractivity contribution in [2.45, 2.75) is 155 Å². The number of nitrogens with one attached hydrogen (secondary N) is 1. The fourth-order valence-corrected chi connectivity index (χ4v) is 12.3. The molecule has 0 radical (unpaired) electrons. The van der Waals surface area contributed by atoms with E-state index in [9.17, 15) is 21.9 Å². The number of sulfonamides is 2. The third-order valence-electron chi connectivity index (χ3n) is 15.3. The molecular formula is C66H82N4O6S2. The van der Waals surface area contributed by atoms with Gasteiger partial charge in [0.15, 0.2) is 0 Å². The monoisotopic (exact) mass is 1090 g/mol. The molecular weight excluding hydrogens is 1010 g/mol. The minimum Gasteiger partial charge on any atom is -0.506 e. The Morgan fingerprint density at radius 1 is 0.577 bits per heavy atom. The van der Waals surface area contributed by atoms with Gasteiger partial charge in [0, 0.05) is 47.0 Å². The maximum absolute atomic E-state index is 15.0. The first kappa shape index (κ1) is 59.2. The van der Waals surface area contributed by atoms with Gasteiger partial charge in [0.2, 0.25) is 5.78 Å². The van der Waals surface area contributed by atoms with Gasteiger partial charge in [-0.1, -0.05) is 153 Å². The van der Waals surface area contributed by atoms with Crippen molar-refractivity contribution in [3.05, 3.63) is 184 Å². The number of nitrogens with zero attached hydrogens (tertiary/aromatic N) is 3. The van der Waals surface area contributed by atoms with Gasteiger partial charge in [-0.05, 0) is 160 Å². The van der Waals surface area contributed by atoms with Crippen molar-refractivity contribution >= 4 is 59.9 Å². The summed E-state index contributed by atoms with van der Waals surface area (Å²) in [5, 5.41) is 12.4. The van der Waals surface area contributed by atoms with E-state index in [-0.39, 0.29) is 43.5 Å². The summed E-state index contributed by atoms with van der Waals surface area (Å²) >= 11 is 0. The largest absolute Gasteiger partial charge is 0.506 e. The molecule has 0 amide bonds. The van der Waals surface area contributed by atoms with E-state index in [0.717, 1.165) is 131 Å². The van der Waals surface area contributed by atoms with Crippen LogP contribution in [0.3, 0.4) is 0 Å². The Morgan fingerprint density at radius 3 is 1.54 bits per heavy atom. The number of aliphatic hydroxyl groups is 1. The van der Waals surface area contributed by atoms with Crippen LogP contribution in [0.2, 0.25) is 0 Å². The molecule has 0 heterocycles. The van der Waals surface area contributed by atoms with Gasteiger partial charge in [-0.15, -0.1) is 0 Å². The Morgan fingerprint density at radius 2 is 1.06 bits per heavy atom. The summed E-state index contributed by atoms with van der Waals surface area (Å²) in [5.41, 5.74) is 7.53. The average molecular weight is 1090 g/mol. The first-order valence-corrected chi connectivity index (χ1v) is 31.5. The van der Waals surface area contributed by atoms with Crippen LogP contribution in [0.5, 0.6) is 0 Å². The number of carbonyl (C=O) groups excluding carboxylic acids is 1. The van der Waals surface area contributed by atoms with E-state index < -0.39 is 31.6 Å². The van der Waals surface area contributed by atoms with Crippen LogP contribution in [0.25, 0.3) is 5.57 Å². The first-order chi connectivity index (χ1) is 37.5. The molecule has 0 spiro atoms. The molecule has 2 unspecified atom stereocenters. The van der Waals surface area contributed by atoms with Crippen LogP contribution in [-0.2, 0) is 37.7 Å². The zero-order chi connectivity index (χ0) is 56.0. The number of hydrogen-bond donors (Lipinski definition) is 2. The lowest BCUT2D eigenvalue weighted by molar-refractivity contribution is -0.111. The van der Waals surface area contributed by atoms with Crippen LogP contribution in [0.15, 0.2) is 170 Å². The average Bonchev–Trinajstić information content (AvgIpc) is 3.64. The molecule has 10 nitrogen and oxygen atoms in total. The quantitative estimate of drug-likeness (QED) is 0.0473. The van der Waals surface area contributed by atoms with Crippen molar-refractivity contribution in [3.63, 3.8) is 0 Å². The fraction of sp³-hybridized carbons (Fsp3) is 0.394. The lowest BCUT2D eigenvalue weighted by atomic mass is 9.78. The minimum absolute atomic E-state index is 0.00225. The number of allylic oxidation sites excluding steroid dienone is 6. The molecule has 0 aliphatic heterocycles. The molecule has 2 N–H and O–H groups in total. The standard InChI is InChI=1S/C66H82N4O6S2/c1-9-15-19-49(13-5)45-69(46-50(14-6)20-16-10-2)55-35-41-59(61(43-55)67-77(73,74)57-37-23-47(7)24-38-57)63-65(71)64(66(63)72)60-42-36-56(44-62(60)68-78(75,76)58-39-25-48(8)26-40-58)70(53-31-27-51(28-32-53)21-17-11-3)54-33-29-52(30-34-54)22-18-12-4/h23-44,49-50,68,71H,9-22,45-46H2,1-8H3. The van der Waals surface area contributed by atoms with E-state index in [4.69, 9.17) is 0 Å². The lowest BCUT2D eigenvalue weighted by Gasteiger charge is -2.34. The summed E-state index contributed by atoms with van der Waals surface area (Å²) in [6.07, 6.45) is 20.1. The number of rotatable bonds is 28. The van der Waals surface area contributed by atoms with Gasteiger partial charge in [0.25, 0.3) is 20.0 Å². The highest BCUT2D eigenvalue weighted by Gasteiger charge is 2.40. The molecule has 5 aromatic carbocycles. The van der Waals surface area contributed by atoms with Crippen molar-refractivity contribution in [2.24, 2.45) is 16.2 Å². The first-order valence-electron chi connectivity index (χ1n) is 28.6. The van der Waals surface area contributed by atoms with E-state index >= 15 is 4.79 Å². The molecule has 7 rings (SSSR count). The summed E-state index contributed by atoms with van der Waals surface area (Å²) in [6.45, 7) is 18.5. The number of carbonyl (C=O) groups is 1. The normalized spacial score (nSPS) is 16.0. The Hall–Kier alpha value is -6.50.